The average Bonchev–Trinajstić information content (AvgIpc) is 3.64. The van der Waals surface area contributed by atoms with E-state index in [0.29, 0.717) is 5.39 Å². The minimum atomic E-state index is -0.210. The summed E-state index contributed by atoms with van der Waals surface area (Å²) in [4.78, 5) is 0. The van der Waals surface area contributed by atoms with Crippen LogP contribution >= 0.6 is 0 Å². The van der Waals surface area contributed by atoms with Crippen LogP contribution in [0.3, 0.4) is 0 Å². The second-order valence-corrected chi connectivity index (χ2v) is 11.9. The molecule has 46 heavy (non-hydrogen) atoms. The topological polar surface area (TPSA) is 18.1 Å². The van der Waals surface area contributed by atoms with E-state index in [1.54, 1.807) is 6.07 Å². The molecule has 0 spiro atoms. The first-order chi connectivity index (χ1) is 22.7. The summed E-state index contributed by atoms with van der Waals surface area (Å²) in [6, 6.07) is 54.1. The van der Waals surface area contributed by atoms with E-state index in [9.17, 15) is 0 Å². The Balaban J connectivity index is 1.11. The second kappa shape index (κ2) is 10.6. The van der Waals surface area contributed by atoms with Gasteiger partial charge in [-0.25, -0.2) is 4.39 Å². The van der Waals surface area contributed by atoms with Crippen molar-refractivity contribution in [2.45, 2.75) is 6.42 Å². The van der Waals surface area contributed by atoms with Crippen LogP contribution in [0, 0.1) is 5.82 Å². The van der Waals surface area contributed by atoms with Gasteiger partial charge in [0.1, 0.15) is 17.0 Å². The molecule has 0 aliphatic rings. The maximum Gasteiger partial charge on any atom is 0.135 e. The number of para-hydroxylation sites is 1. The fourth-order valence-corrected chi connectivity index (χ4v) is 6.93. The molecule has 0 aliphatic heterocycles. The number of hydrogen-bond donors (Lipinski definition) is 0. The predicted molar refractivity (Wildman–Crippen MR) is 188 cm³/mol. The summed E-state index contributed by atoms with van der Waals surface area (Å²) in [5, 5.41) is 3.64. The first-order valence-electron chi connectivity index (χ1n) is 15.6. The van der Waals surface area contributed by atoms with Crippen LogP contribution in [0.1, 0.15) is 11.1 Å². The Morgan fingerprint density at radius 1 is 0.457 bits per heavy atom. The lowest BCUT2D eigenvalue weighted by Gasteiger charge is -2.09. The van der Waals surface area contributed by atoms with E-state index in [2.05, 4.69) is 120 Å². The molecule has 0 N–H and O–H groups in total. The van der Waals surface area contributed by atoms with Gasteiger partial charge in [0.15, 0.2) is 0 Å². The van der Waals surface area contributed by atoms with E-state index < -0.39 is 0 Å². The molecule has 0 amide bonds. The number of halogens is 1. The Labute approximate surface area is 265 Å². The van der Waals surface area contributed by atoms with Crippen molar-refractivity contribution in [3.8, 4) is 27.9 Å². The monoisotopic (exact) mass is 593 g/mol. The van der Waals surface area contributed by atoms with Crippen molar-refractivity contribution in [2.24, 2.45) is 0 Å². The van der Waals surface area contributed by atoms with Gasteiger partial charge < -0.3 is 8.98 Å². The number of hydrogen-bond acceptors (Lipinski definition) is 1. The van der Waals surface area contributed by atoms with Crippen LogP contribution in [0.2, 0.25) is 0 Å². The highest BCUT2D eigenvalue weighted by atomic mass is 19.1. The van der Waals surface area contributed by atoms with Gasteiger partial charge in [0.2, 0.25) is 0 Å². The van der Waals surface area contributed by atoms with Crippen LogP contribution in [-0.4, -0.2) is 4.57 Å². The zero-order chi connectivity index (χ0) is 30.6. The number of nitrogens with zero attached hydrogens (tertiary/aromatic N) is 1. The Morgan fingerprint density at radius 2 is 1.07 bits per heavy atom. The maximum absolute atomic E-state index is 15.1. The zero-order valence-corrected chi connectivity index (χ0v) is 25.0. The number of benzene rings is 7. The smallest absolute Gasteiger partial charge is 0.135 e. The number of aromatic nitrogens is 1. The van der Waals surface area contributed by atoms with Crippen LogP contribution in [0.25, 0.3) is 71.7 Å². The third-order valence-corrected chi connectivity index (χ3v) is 9.06. The lowest BCUT2D eigenvalue weighted by molar-refractivity contribution is 0.640. The van der Waals surface area contributed by atoms with Gasteiger partial charge in [0.05, 0.1) is 11.0 Å². The third-order valence-electron chi connectivity index (χ3n) is 9.06. The Hall–Kier alpha value is -5.93. The molecular weight excluding hydrogens is 565 g/mol. The molecule has 2 heterocycles. The molecule has 7 aromatic carbocycles. The van der Waals surface area contributed by atoms with Gasteiger partial charge >= 0.3 is 0 Å². The van der Waals surface area contributed by atoms with E-state index in [4.69, 9.17) is 4.42 Å². The van der Waals surface area contributed by atoms with Crippen LogP contribution in [0.5, 0.6) is 0 Å². The Bertz CT molecular complexity index is 2570. The lowest BCUT2D eigenvalue weighted by Crippen LogP contribution is -1.93. The first-order valence-corrected chi connectivity index (χ1v) is 15.6. The third kappa shape index (κ3) is 4.40. The van der Waals surface area contributed by atoms with Gasteiger partial charge in [-0.2, -0.15) is 0 Å². The number of furan rings is 1. The average molecular weight is 594 g/mol. The summed E-state index contributed by atoms with van der Waals surface area (Å²) < 4.78 is 23.5. The van der Waals surface area contributed by atoms with Gasteiger partial charge in [-0.1, -0.05) is 109 Å². The quantitative estimate of drug-likeness (QED) is 0.194. The van der Waals surface area contributed by atoms with Crippen molar-refractivity contribution in [3.63, 3.8) is 0 Å². The molecule has 0 aliphatic carbocycles. The molecule has 0 fully saturated rings. The highest BCUT2D eigenvalue weighted by Crippen LogP contribution is 2.37. The van der Waals surface area contributed by atoms with Crippen LogP contribution in [-0.2, 0) is 6.42 Å². The summed E-state index contributed by atoms with van der Waals surface area (Å²) in [6.07, 6.45) is 0.855. The number of fused-ring (bicyclic) bond motifs is 6. The van der Waals surface area contributed by atoms with E-state index in [1.165, 1.54) is 33.9 Å². The largest absolute Gasteiger partial charge is 0.456 e. The maximum atomic E-state index is 15.1. The number of rotatable bonds is 5. The molecule has 9 aromatic rings. The molecule has 0 saturated carbocycles. The second-order valence-electron chi connectivity index (χ2n) is 11.9. The zero-order valence-electron chi connectivity index (χ0n) is 25.0. The SMILES string of the molecule is Fc1cccc2c1c1ccccc1n2-c1ccc2oc3ccc(-c4cccc(Cc5cccc(-c6ccccc6)c5)c4)cc3c2c1. The molecule has 0 unspecified atom stereocenters. The molecule has 3 heteroatoms. The van der Waals surface area contributed by atoms with Crippen molar-refractivity contribution in [3.05, 3.63) is 175 Å². The van der Waals surface area contributed by atoms with Gasteiger partial charge in [-0.05, 0) is 88.3 Å². The van der Waals surface area contributed by atoms with Crippen molar-refractivity contribution in [2.75, 3.05) is 0 Å². The normalized spacial score (nSPS) is 11.7. The summed E-state index contributed by atoms with van der Waals surface area (Å²) in [5.74, 6) is -0.210. The summed E-state index contributed by atoms with van der Waals surface area (Å²) >= 11 is 0. The van der Waals surface area contributed by atoms with Gasteiger partial charge in [0.25, 0.3) is 0 Å². The molecule has 0 atom stereocenters. The fourth-order valence-electron chi connectivity index (χ4n) is 6.93. The molecule has 2 nitrogen and oxygen atoms in total. The van der Waals surface area contributed by atoms with Crippen LogP contribution in [0.15, 0.2) is 162 Å². The first kappa shape index (κ1) is 26.5. The minimum Gasteiger partial charge on any atom is -0.456 e. The van der Waals surface area contributed by atoms with E-state index in [-0.39, 0.29) is 5.82 Å². The Kier molecular flexibility index (Phi) is 6.10. The standard InChI is InChI=1S/C43H28FNO/c44-38-16-8-18-40-43(38)35-15-4-5-17-39(35)45(40)34-20-22-42-37(27-34)36-26-33(19-21-41(36)46-42)32-14-7-10-29(25-32)23-28-9-6-13-31(24-28)30-11-2-1-3-12-30/h1-22,24-27H,23H2. The minimum absolute atomic E-state index is 0.210. The van der Waals surface area contributed by atoms with Gasteiger partial charge in [0, 0.05) is 27.2 Å². The summed E-state index contributed by atoms with van der Waals surface area (Å²) in [7, 11) is 0. The van der Waals surface area contributed by atoms with Gasteiger partial charge in [-0.3, -0.25) is 0 Å². The summed E-state index contributed by atoms with van der Waals surface area (Å²) in [5.41, 5.74) is 11.8. The molecule has 0 saturated heterocycles. The van der Waals surface area contributed by atoms with Gasteiger partial charge in [-0.15, -0.1) is 0 Å². The van der Waals surface area contributed by atoms with Crippen molar-refractivity contribution < 1.29 is 8.81 Å². The van der Waals surface area contributed by atoms with Crippen LogP contribution < -0.4 is 0 Å². The summed E-state index contributed by atoms with van der Waals surface area (Å²) in [6.45, 7) is 0. The highest BCUT2D eigenvalue weighted by Gasteiger charge is 2.17. The van der Waals surface area contributed by atoms with Crippen molar-refractivity contribution in [1.29, 1.82) is 0 Å². The Morgan fingerprint density at radius 3 is 1.87 bits per heavy atom. The molecule has 9 rings (SSSR count). The van der Waals surface area contributed by atoms with Crippen molar-refractivity contribution in [1.82, 2.24) is 4.57 Å². The highest BCUT2D eigenvalue weighted by molar-refractivity contribution is 6.11. The van der Waals surface area contributed by atoms with E-state index >= 15 is 4.39 Å². The molecule has 0 bridgehead atoms. The molecule has 2 aromatic heterocycles. The lowest BCUT2D eigenvalue weighted by atomic mass is 9.96. The van der Waals surface area contributed by atoms with E-state index in [1.807, 2.05) is 30.3 Å². The molecular formula is C43H28FNO. The molecule has 218 valence electrons. The predicted octanol–water partition coefficient (Wildman–Crippen LogP) is 11.7. The van der Waals surface area contributed by atoms with Crippen molar-refractivity contribution >= 4 is 43.7 Å². The molecule has 0 radical (unpaired) electrons. The van der Waals surface area contributed by atoms with E-state index in [0.717, 1.165) is 56.0 Å². The van der Waals surface area contributed by atoms with Crippen LogP contribution in [0.4, 0.5) is 4.39 Å². The fraction of sp³-hybridized carbons (Fsp3) is 0.0233.